The molecule has 0 amide bonds. The van der Waals surface area contributed by atoms with E-state index in [0.29, 0.717) is 32.0 Å². The molecule has 1 fully saturated rings. The van der Waals surface area contributed by atoms with E-state index < -0.39 is 10.0 Å². The van der Waals surface area contributed by atoms with Crippen LogP contribution < -0.4 is 10.1 Å². The van der Waals surface area contributed by atoms with Gasteiger partial charge in [-0.1, -0.05) is 32.0 Å². The van der Waals surface area contributed by atoms with Crippen molar-refractivity contribution < 1.29 is 13.2 Å². The van der Waals surface area contributed by atoms with Crippen LogP contribution in [0.2, 0.25) is 0 Å². The minimum absolute atomic E-state index is 0. The van der Waals surface area contributed by atoms with Crippen LogP contribution >= 0.6 is 12.4 Å². The van der Waals surface area contributed by atoms with Gasteiger partial charge in [-0.05, 0) is 18.4 Å². The number of hydrogen-bond acceptors (Lipinski definition) is 4. The third kappa shape index (κ3) is 5.08. The Hall–Kier alpha value is -0.820. The molecular weight excluding hydrogens is 336 g/mol. The fourth-order valence-electron chi connectivity index (χ4n) is 2.73. The Morgan fingerprint density at radius 2 is 2.04 bits per heavy atom. The highest BCUT2D eigenvalue weighted by Crippen LogP contribution is 2.32. The van der Waals surface area contributed by atoms with Crippen LogP contribution in [0.1, 0.15) is 31.9 Å². The van der Waals surface area contributed by atoms with Crippen LogP contribution in [-0.2, 0) is 10.0 Å². The Bertz CT molecular complexity index is 593. The smallest absolute Gasteiger partial charge is 0.214 e. The lowest BCUT2D eigenvalue weighted by molar-refractivity contribution is 0.264. The summed E-state index contributed by atoms with van der Waals surface area (Å²) in [5, 5.41) is 3.29. The summed E-state index contributed by atoms with van der Waals surface area (Å²) in [6, 6.07) is 7.44. The van der Waals surface area contributed by atoms with Crippen molar-refractivity contribution in [2.45, 2.75) is 26.3 Å². The third-order valence-corrected chi connectivity index (χ3v) is 5.91. The van der Waals surface area contributed by atoms with Gasteiger partial charge in [0, 0.05) is 25.2 Å². The van der Waals surface area contributed by atoms with Crippen molar-refractivity contribution in [3.63, 3.8) is 0 Å². The minimum atomic E-state index is -3.26. The van der Waals surface area contributed by atoms with Crippen LogP contribution in [0.25, 0.3) is 0 Å². The van der Waals surface area contributed by atoms with E-state index in [1.54, 1.807) is 11.4 Å². The number of nitrogens with zero attached hydrogens (tertiary/aromatic N) is 1. The van der Waals surface area contributed by atoms with Crippen LogP contribution in [0.4, 0.5) is 0 Å². The third-order valence-electron chi connectivity index (χ3n) is 4.00. The monoisotopic (exact) mass is 362 g/mol. The first kappa shape index (κ1) is 20.2. The molecule has 0 bridgehead atoms. The molecule has 1 aromatic rings. The van der Waals surface area contributed by atoms with E-state index in [0.717, 1.165) is 11.3 Å². The van der Waals surface area contributed by atoms with E-state index in [1.807, 2.05) is 38.1 Å². The van der Waals surface area contributed by atoms with Crippen LogP contribution in [-0.4, -0.2) is 45.2 Å². The summed E-state index contributed by atoms with van der Waals surface area (Å²) in [6.07, 6.45) is 0.685. The van der Waals surface area contributed by atoms with E-state index >= 15 is 0 Å². The van der Waals surface area contributed by atoms with E-state index in [-0.39, 0.29) is 24.2 Å². The van der Waals surface area contributed by atoms with Gasteiger partial charge < -0.3 is 10.1 Å². The van der Waals surface area contributed by atoms with Crippen molar-refractivity contribution in [1.29, 1.82) is 0 Å². The highest BCUT2D eigenvalue weighted by Gasteiger charge is 2.34. The first-order valence-electron chi connectivity index (χ1n) is 7.79. The first-order valence-corrected chi connectivity index (χ1v) is 9.39. The molecule has 23 heavy (non-hydrogen) atoms. The zero-order valence-electron chi connectivity index (χ0n) is 14.0. The molecule has 0 aromatic heterocycles. The second-order valence-electron chi connectivity index (χ2n) is 6.07. The molecule has 0 aliphatic carbocycles. The van der Waals surface area contributed by atoms with Crippen molar-refractivity contribution in [1.82, 2.24) is 9.62 Å². The lowest BCUT2D eigenvalue weighted by Gasteiger charge is -2.36. The van der Waals surface area contributed by atoms with Gasteiger partial charge >= 0.3 is 0 Å². The maximum atomic E-state index is 12.7. The molecule has 1 atom stereocenters. The number of benzene rings is 1. The van der Waals surface area contributed by atoms with Gasteiger partial charge in [0.2, 0.25) is 10.0 Å². The van der Waals surface area contributed by atoms with Gasteiger partial charge in [0.25, 0.3) is 0 Å². The Morgan fingerprint density at radius 1 is 1.35 bits per heavy atom. The summed E-state index contributed by atoms with van der Waals surface area (Å²) in [5.41, 5.74) is 0.922. The topological polar surface area (TPSA) is 58.6 Å². The Kier molecular flexibility index (Phi) is 7.80. The van der Waals surface area contributed by atoms with E-state index in [2.05, 4.69) is 5.32 Å². The Morgan fingerprint density at radius 3 is 2.70 bits per heavy atom. The number of ether oxygens (including phenoxy) is 1. The maximum absolute atomic E-state index is 12.7. The number of halogens is 1. The van der Waals surface area contributed by atoms with Gasteiger partial charge in [0.05, 0.1) is 18.9 Å². The average molecular weight is 363 g/mol. The van der Waals surface area contributed by atoms with E-state index in [1.165, 1.54) is 0 Å². The van der Waals surface area contributed by atoms with Crippen molar-refractivity contribution >= 4 is 22.4 Å². The van der Waals surface area contributed by atoms with Gasteiger partial charge in [0.1, 0.15) is 5.75 Å². The zero-order valence-corrected chi connectivity index (χ0v) is 15.6. The Balaban J connectivity index is 0.00000264. The molecule has 7 heteroatoms. The number of methoxy groups -OCH3 is 1. The second kappa shape index (κ2) is 8.87. The lowest BCUT2D eigenvalue weighted by atomic mass is 10.0. The Labute approximate surface area is 145 Å². The molecule has 1 unspecified atom stereocenters. The molecule has 1 aliphatic rings. The van der Waals surface area contributed by atoms with Crippen molar-refractivity contribution in [2.24, 2.45) is 5.92 Å². The van der Waals surface area contributed by atoms with Gasteiger partial charge in [-0.15, -0.1) is 12.4 Å². The summed E-state index contributed by atoms with van der Waals surface area (Å²) in [7, 11) is -1.65. The quantitative estimate of drug-likeness (QED) is 0.844. The van der Waals surface area contributed by atoms with Crippen LogP contribution in [0, 0.1) is 5.92 Å². The van der Waals surface area contributed by atoms with E-state index in [9.17, 15) is 8.42 Å². The SMILES string of the molecule is COc1ccccc1C1CNCCN1S(=O)(=O)CCC(C)C.Cl. The molecule has 1 aliphatic heterocycles. The molecule has 1 heterocycles. The normalized spacial score (nSPS) is 19.4. The van der Waals surface area contributed by atoms with Gasteiger partial charge in [-0.2, -0.15) is 4.31 Å². The molecule has 1 N–H and O–H groups in total. The number of hydrogen-bond donors (Lipinski definition) is 1. The van der Waals surface area contributed by atoms with Gasteiger partial charge in [-0.3, -0.25) is 0 Å². The number of rotatable bonds is 6. The number of para-hydroxylation sites is 1. The molecule has 132 valence electrons. The molecule has 2 rings (SSSR count). The van der Waals surface area contributed by atoms with Gasteiger partial charge in [-0.25, -0.2) is 8.42 Å². The summed E-state index contributed by atoms with van der Waals surface area (Å²) >= 11 is 0. The number of nitrogens with one attached hydrogen (secondary N) is 1. The molecule has 1 saturated heterocycles. The maximum Gasteiger partial charge on any atom is 0.214 e. The van der Waals surface area contributed by atoms with Crippen LogP contribution in [0.3, 0.4) is 0 Å². The van der Waals surface area contributed by atoms with E-state index in [4.69, 9.17) is 4.74 Å². The highest BCUT2D eigenvalue weighted by molar-refractivity contribution is 7.89. The summed E-state index contributed by atoms with van der Waals surface area (Å²) < 4.78 is 32.5. The van der Waals surface area contributed by atoms with Crippen molar-refractivity contribution in [3.8, 4) is 5.75 Å². The first-order chi connectivity index (χ1) is 10.5. The molecule has 0 spiro atoms. The zero-order chi connectivity index (χ0) is 16.2. The average Bonchev–Trinajstić information content (AvgIpc) is 2.53. The summed E-state index contributed by atoms with van der Waals surface area (Å²) in [4.78, 5) is 0. The largest absolute Gasteiger partial charge is 0.496 e. The van der Waals surface area contributed by atoms with Crippen LogP contribution in [0.5, 0.6) is 5.75 Å². The molecule has 0 radical (unpaired) electrons. The van der Waals surface area contributed by atoms with Gasteiger partial charge in [0.15, 0.2) is 0 Å². The fourth-order valence-corrected chi connectivity index (χ4v) is 4.68. The second-order valence-corrected chi connectivity index (χ2v) is 8.11. The van der Waals surface area contributed by atoms with Crippen molar-refractivity contribution in [2.75, 3.05) is 32.5 Å². The number of sulfonamides is 1. The minimum Gasteiger partial charge on any atom is -0.496 e. The standard InChI is InChI=1S/C16H26N2O3S.ClH/c1-13(2)8-11-22(19,20)18-10-9-17-12-15(18)14-6-4-5-7-16(14)21-3;/h4-7,13,15,17H,8-12H2,1-3H3;1H. The predicted molar refractivity (Wildman–Crippen MR) is 95.8 cm³/mol. The summed E-state index contributed by atoms with van der Waals surface area (Å²) in [6.45, 7) is 5.90. The predicted octanol–water partition coefficient (Wildman–Crippen LogP) is 2.44. The highest BCUT2D eigenvalue weighted by atomic mass is 35.5. The van der Waals surface area contributed by atoms with Crippen molar-refractivity contribution in [3.05, 3.63) is 29.8 Å². The summed E-state index contributed by atoms with van der Waals surface area (Å²) in [5.74, 6) is 1.32. The molecule has 5 nitrogen and oxygen atoms in total. The lowest BCUT2D eigenvalue weighted by Crippen LogP contribution is -2.49. The molecular formula is C16H27ClN2O3S. The van der Waals surface area contributed by atoms with Crippen LogP contribution in [0.15, 0.2) is 24.3 Å². The molecule has 1 aromatic carbocycles. The molecule has 0 saturated carbocycles. The fraction of sp³-hybridized carbons (Fsp3) is 0.625. The number of piperazine rings is 1.